The number of nitrogens with one attached hydrogen (secondary N) is 1. The summed E-state index contributed by atoms with van der Waals surface area (Å²) in [5, 5.41) is 8.41. The topological polar surface area (TPSA) is 88.8 Å². The lowest BCUT2D eigenvalue weighted by Crippen LogP contribution is -2.43. The Morgan fingerprint density at radius 3 is 2.97 bits per heavy atom. The quantitative estimate of drug-likeness (QED) is 0.639. The zero-order valence-corrected chi connectivity index (χ0v) is 19.0. The number of anilines is 1. The summed E-state index contributed by atoms with van der Waals surface area (Å²) in [4.78, 5) is 33.3. The number of fused-ring (bicyclic) bond motifs is 2. The molecule has 3 heterocycles. The number of methoxy groups -OCH3 is 1. The number of benzene rings is 1. The maximum Gasteiger partial charge on any atom is 0.278 e. The van der Waals surface area contributed by atoms with Crippen LogP contribution in [-0.4, -0.2) is 40.7 Å². The average Bonchev–Trinajstić information content (AvgIpc) is 3.27. The van der Waals surface area contributed by atoms with Crippen LogP contribution in [0.4, 0.5) is 5.13 Å². The SMILES string of the molecule is COc1ccccc1CNC(=O)C1CCCN(c2nn3c(=O)c4c(nc3s2)CCCC4)C1. The summed E-state index contributed by atoms with van der Waals surface area (Å²) in [7, 11) is 1.63. The molecule has 9 heteroatoms. The maximum atomic E-state index is 12.9. The Morgan fingerprint density at radius 2 is 2.09 bits per heavy atom. The largest absolute Gasteiger partial charge is 0.496 e. The van der Waals surface area contributed by atoms with E-state index in [-0.39, 0.29) is 17.4 Å². The van der Waals surface area contributed by atoms with Crippen molar-refractivity contribution in [1.29, 1.82) is 0 Å². The van der Waals surface area contributed by atoms with E-state index < -0.39 is 0 Å². The molecular weight excluding hydrogens is 426 g/mol. The van der Waals surface area contributed by atoms with E-state index in [2.05, 4.69) is 15.3 Å². The van der Waals surface area contributed by atoms with Crippen LogP contribution in [0.15, 0.2) is 29.1 Å². The van der Waals surface area contributed by atoms with Crippen molar-refractivity contribution in [3.63, 3.8) is 0 Å². The molecule has 5 rings (SSSR count). The lowest BCUT2D eigenvalue weighted by atomic mass is 9.97. The number of aryl methyl sites for hydroxylation is 1. The second-order valence-electron chi connectivity index (χ2n) is 8.44. The van der Waals surface area contributed by atoms with Crippen LogP contribution in [0.2, 0.25) is 0 Å². The van der Waals surface area contributed by atoms with Crippen molar-refractivity contribution in [3.8, 4) is 5.75 Å². The van der Waals surface area contributed by atoms with Gasteiger partial charge in [0, 0.05) is 30.8 Å². The van der Waals surface area contributed by atoms with E-state index in [9.17, 15) is 9.59 Å². The second-order valence-corrected chi connectivity index (χ2v) is 9.38. The molecule has 1 fully saturated rings. The van der Waals surface area contributed by atoms with Gasteiger partial charge in [-0.15, -0.1) is 5.10 Å². The van der Waals surface area contributed by atoms with Gasteiger partial charge in [-0.05, 0) is 44.6 Å². The fraction of sp³-hybridized carbons (Fsp3) is 0.478. The summed E-state index contributed by atoms with van der Waals surface area (Å²) >= 11 is 1.44. The number of para-hydroxylation sites is 1. The molecule has 0 saturated carbocycles. The predicted octanol–water partition coefficient (Wildman–Crippen LogP) is 2.57. The first kappa shape index (κ1) is 20.9. The van der Waals surface area contributed by atoms with Gasteiger partial charge in [-0.25, -0.2) is 4.98 Å². The van der Waals surface area contributed by atoms with Crippen molar-refractivity contribution in [2.75, 3.05) is 25.1 Å². The highest BCUT2D eigenvalue weighted by atomic mass is 32.1. The summed E-state index contributed by atoms with van der Waals surface area (Å²) in [6.07, 6.45) is 5.51. The van der Waals surface area contributed by atoms with E-state index in [4.69, 9.17) is 9.72 Å². The number of hydrogen-bond donors (Lipinski definition) is 1. The van der Waals surface area contributed by atoms with Crippen molar-refractivity contribution in [2.24, 2.45) is 5.92 Å². The third-order valence-corrected chi connectivity index (χ3v) is 7.35. The van der Waals surface area contributed by atoms with Crippen molar-refractivity contribution in [3.05, 3.63) is 51.4 Å². The molecule has 2 aromatic heterocycles. The van der Waals surface area contributed by atoms with Crippen molar-refractivity contribution >= 4 is 27.3 Å². The van der Waals surface area contributed by atoms with Gasteiger partial charge in [0.1, 0.15) is 5.75 Å². The van der Waals surface area contributed by atoms with E-state index in [1.54, 1.807) is 7.11 Å². The lowest BCUT2D eigenvalue weighted by Gasteiger charge is -2.31. The van der Waals surface area contributed by atoms with E-state index in [0.717, 1.165) is 72.8 Å². The third kappa shape index (κ3) is 3.97. The van der Waals surface area contributed by atoms with Crippen LogP contribution in [0, 0.1) is 5.92 Å². The summed E-state index contributed by atoms with van der Waals surface area (Å²) < 4.78 is 6.83. The first-order chi connectivity index (χ1) is 15.6. The van der Waals surface area contributed by atoms with Crippen LogP contribution in [0.1, 0.15) is 42.5 Å². The summed E-state index contributed by atoms with van der Waals surface area (Å²) in [5.41, 5.74) is 2.67. The third-order valence-electron chi connectivity index (χ3n) is 6.38. The Kier molecular flexibility index (Phi) is 5.82. The van der Waals surface area contributed by atoms with Crippen LogP contribution in [-0.2, 0) is 24.2 Å². The molecule has 2 aliphatic rings. The summed E-state index contributed by atoms with van der Waals surface area (Å²) in [6.45, 7) is 1.85. The smallest absolute Gasteiger partial charge is 0.278 e. The molecule has 168 valence electrons. The van der Waals surface area contributed by atoms with Crippen LogP contribution in [0.25, 0.3) is 4.96 Å². The molecule has 1 unspecified atom stereocenters. The van der Waals surface area contributed by atoms with E-state index in [0.29, 0.717) is 18.1 Å². The van der Waals surface area contributed by atoms with Gasteiger partial charge < -0.3 is 15.0 Å². The number of hydrogen-bond acceptors (Lipinski definition) is 7. The van der Waals surface area contributed by atoms with Crippen molar-refractivity contribution in [1.82, 2.24) is 19.9 Å². The van der Waals surface area contributed by atoms with Crippen LogP contribution < -0.4 is 20.5 Å². The number of ether oxygens (including phenoxy) is 1. The monoisotopic (exact) mass is 453 g/mol. The molecule has 1 amide bonds. The van der Waals surface area contributed by atoms with Gasteiger partial charge >= 0.3 is 0 Å². The molecule has 8 nitrogen and oxygen atoms in total. The van der Waals surface area contributed by atoms with Gasteiger partial charge in [0.15, 0.2) is 0 Å². The van der Waals surface area contributed by atoms with Gasteiger partial charge in [-0.1, -0.05) is 29.5 Å². The normalized spacial score (nSPS) is 18.4. The minimum Gasteiger partial charge on any atom is -0.496 e. The molecule has 1 saturated heterocycles. The molecule has 1 atom stereocenters. The van der Waals surface area contributed by atoms with Crippen molar-refractivity contribution < 1.29 is 9.53 Å². The van der Waals surface area contributed by atoms with Crippen LogP contribution in [0.3, 0.4) is 0 Å². The van der Waals surface area contributed by atoms with Gasteiger partial charge in [0.2, 0.25) is 16.0 Å². The molecule has 0 spiro atoms. The summed E-state index contributed by atoms with van der Waals surface area (Å²) in [5.74, 6) is 0.684. The highest BCUT2D eigenvalue weighted by Gasteiger charge is 2.28. The fourth-order valence-electron chi connectivity index (χ4n) is 4.63. The average molecular weight is 454 g/mol. The molecule has 3 aromatic rings. The van der Waals surface area contributed by atoms with Gasteiger partial charge in [-0.3, -0.25) is 9.59 Å². The zero-order chi connectivity index (χ0) is 22.1. The van der Waals surface area contributed by atoms with Crippen LogP contribution >= 0.6 is 11.3 Å². The minimum atomic E-state index is -0.122. The number of aromatic nitrogens is 3. The highest BCUT2D eigenvalue weighted by molar-refractivity contribution is 7.20. The molecule has 0 radical (unpaired) electrons. The molecule has 1 N–H and O–H groups in total. The van der Waals surface area contributed by atoms with Gasteiger partial charge in [0.25, 0.3) is 5.56 Å². The Balaban J connectivity index is 1.30. The Bertz CT molecular complexity index is 1200. The van der Waals surface area contributed by atoms with Gasteiger partial charge in [-0.2, -0.15) is 4.52 Å². The standard InChI is InChI=1S/C23H27N5O3S/c1-31-19-11-5-2-7-15(19)13-24-20(29)16-8-6-12-27(14-16)23-26-28-21(30)17-9-3-4-10-18(17)25-22(28)32-23/h2,5,7,11,16H,3-4,6,8-10,12-14H2,1H3,(H,24,29). The molecule has 1 aliphatic carbocycles. The fourth-order valence-corrected chi connectivity index (χ4v) is 5.58. The minimum absolute atomic E-state index is 0.0321. The molecule has 32 heavy (non-hydrogen) atoms. The number of rotatable bonds is 5. The Hall–Kier alpha value is -2.94. The predicted molar refractivity (Wildman–Crippen MR) is 124 cm³/mol. The highest BCUT2D eigenvalue weighted by Crippen LogP contribution is 2.28. The second kappa shape index (κ2) is 8.90. The number of amides is 1. The molecule has 1 aliphatic heterocycles. The molecule has 0 bridgehead atoms. The molecular formula is C23H27N5O3S. The number of carbonyl (C=O) groups excluding carboxylic acids is 1. The summed E-state index contributed by atoms with van der Waals surface area (Å²) in [6, 6.07) is 7.70. The van der Waals surface area contributed by atoms with E-state index in [1.807, 2.05) is 24.3 Å². The number of nitrogens with zero attached hydrogens (tertiary/aromatic N) is 4. The number of carbonyl (C=O) groups is 1. The number of piperidine rings is 1. The first-order valence-electron chi connectivity index (χ1n) is 11.2. The zero-order valence-electron chi connectivity index (χ0n) is 18.2. The van der Waals surface area contributed by atoms with E-state index >= 15 is 0 Å². The lowest BCUT2D eigenvalue weighted by molar-refractivity contribution is -0.125. The molecule has 1 aromatic carbocycles. The Labute approximate surface area is 190 Å². The van der Waals surface area contributed by atoms with Gasteiger partial charge in [0.05, 0.1) is 18.7 Å². The first-order valence-corrected chi connectivity index (χ1v) is 12.0. The Morgan fingerprint density at radius 1 is 1.25 bits per heavy atom. The van der Waals surface area contributed by atoms with E-state index in [1.165, 1.54) is 15.9 Å². The maximum absolute atomic E-state index is 12.9. The van der Waals surface area contributed by atoms with Crippen LogP contribution in [0.5, 0.6) is 5.75 Å². The van der Waals surface area contributed by atoms with Crippen molar-refractivity contribution in [2.45, 2.75) is 45.1 Å².